The molecule has 1 aliphatic carbocycles. The molecular formula is C14H26N2O3. The van der Waals surface area contributed by atoms with Gasteiger partial charge >= 0.3 is 12.0 Å². The number of carboxylic acid groups (broad SMARTS) is 1. The molecule has 1 rings (SSSR count). The Morgan fingerprint density at radius 3 is 2.47 bits per heavy atom. The third-order valence-corrected chi connectivity index (χ3v) is 4.27. The van der Waals surface area contributed by atoms with Crippen LogP contribution in [0.5, 0.6) is 0 Å². The lowest BCUT2D eigenvalue weighted by atomic mass is 9.86. The van der Waals surface area contributed by atoms with Gasteiger partial charge in [-0.1, -0.05) is 19.8 Å². The molecule has 19 heavy (non-hydrogen) atoms. The van der Waals surface area contributed by atoms with Crippen LogP contribution >= 0.6 is 0 Å². The number of carbonyl (C=O) groups excluding carboxylic acids is 1. The third kappa shape index (κ3) is 4.40. The van der Waals surface area contributed by atoms with Crippen molar-refractivity contribution in [3.63, 3.8) is 0 Å². The summed E-state index contributed by atoms with van der Waals surface area (Å²) in [5.74, 6) is -0.811. The smallest absolute Gasteiger partial charge is 0.317 e. The van der Waals surface area contributed by atoms with Crippen molar-refractivity contribution in [3.05, 3.63) is 0 Å². The van der Waals surface area contributed by atoms with Crippen molar-refractivity contribution in [2.24, 2.45) is 11.8 Å². The second-order valence-electron chi connectivity index (χ2n) is 5.90. The van der Waals surface area contributed by atoms with Crippen LogP contribution in [0.1, 0.15) is 46.5 Å². The van der Waals surface area contributed by atoms with E-state index in [9.17, 15) is 9.59 Å². The maximum absolute atomic E-state index is 12.1. The number of carboxylic acids is 1. The molecule has 0 aromatic heterocycles. The fourth-order valence-corrected chi connectivity index (χ4v) is 2.56. The van der Waals surface area contributed by atoms with Gasteiger partial charge in [0.1, 0.15) is 0 Å². The minimum absolute atomic E-state index is 0.167. The molecule has 1 aliphatic rings. The lowest BCUT2D eigenvalue weighted by Gasteiger charge is -2.35. The molecule has 0 aromatic rings. The topological polar surface area (TPSA) is 69.6 Å². The van der Waals surface area contributed by atoms with Gasteiger partial charge in [-0.05, 0) is 32.6 Å². The fraction of sp³-hybridized carbons (Fsp3) is 0.857. The van der Waals surface area contributed by atoms with E-state index in [1.54, 1.807) is 25.8 Å². The van der Waals surface area contributed by atoms with Crippen LogP contribution in [0.4, 0.5) is 4.79 Å². The molecule has 2 N–H and O–H groups in total. The van der Waals surface area contributed by atoms with E-state index >= 15 is 0 Å². The van der Waals surface area contributed by atoms with E-state index in [-0.39, 0.29) is 18.1 Å². The van der Waals surface area contributed by atoms with Crippen LogP contribution in [0.25, 0.3) is 0 Å². The highest BCUT2D eigenvalue weighted by atomic mass is 16.4. The Kier molecular flexibility index (Phi) is 5.63. The van der Waals surface area contributed by atoms with Crippen molar-refractivity contribution < 1.29 is 14.7 Å². The molecule has 2 amide bonds. The van der Waals surface area contributed by atoms with Crippen molar-refractivity contribution in [3.8, 4) is 0 Å². The number of nitrogens with one attached hydrogen (secondary N) is 1. The summed E-state index contributed by atoms with van der Waals surface area (Å²) in [6, 6.07) is -0.260. The van der Waals surface area contributed by atoms with E-state index in [1.165, 1.54) is 6.42 Å². The number of urea groups is 1. The number of aliphatic carboxylic acids is 1. The fourth-order valence-electron chi connectivity index (χ4n) is 2.56. The second-order valence-corrected chi connectivity index (χ2v) is 5.90. The van der Waals surface area contributed by atoms with Gasteiger partial charge < -0.3 is 15.3 Å². The molecule has 0 spiro atoms. The summed E-state index contributed by atoms with van der Waals surface area (Å²) in [7, 11) is 1.80. The van der Waals surface area contributed by atoms with Gasteiger partial charge in [0.2, 0.25) is 0 Å². The molecule has 0 aromatic carbocycles. The minimum Gasteiger partial charge on any atom is -0.481 e. The van der Waals surface area contributed by atoms with Crippen molar-refractivity contribution in [2.45, 2.75) is 58.5 Å². The van der Waals surface area contributed by atoms with E-state index in [0.717, 1.165) is 19.3 Å². The zero-order valence-electron chi connectivity index (χ0n) is 12.3. The average Bonchev–Trinajstić information content (AvgIpc) is 2.36. The lowest BCUT2D eigenvalue weighted by molar-refractivity contribution is -0.141. The molecule has 4 unspecified atom stereocenters. The first kappa shape index (κ1) is 15.8. The summed E-state index contributed by atoms with van der Waals surface area (Å²) in [6.07, 6.45) is 4.47. The maximum Gasteiger partial charge on any atom is 0.317 e. The SMILES string of the molecule is CC1CCCC(N(C)C(=O)NC(C)C(C)C(=O)O)C1. The molecule has 4 atom stereocenters. The Balaban J connectivity index is 2.50. The van der Waals surface area contributed by atoms with Gasteiger partial charge in [-0.2, -0.15) is 0 Å². The Morgan fingerprint density at radius 2 is 1.95 bits per heavy atom. The van der Waals surface area contributed by atoms with Gasteiger partial charge in [0.25, 0.3) is 0 Å². The summed E-state index contributed by atoms with van der Waals surface area (Å²) < 4.78 is 0. The summed E-state index contributed by atoms with van der Waals surface area (Å²) >= 11 is 0. The lowest BCUT2D eigenvalue weighted by Crippen LogP contribution is -2.50. The Morgan fingerprint density at radius 1 is 1.32 bits per heavy atom. The van der Waals surface area contributed by atoms with Crippen molar-refractivity contribution in [1.29, 1.82) is 0 Å². The van der Waals surface area contributed by atoms with Crippen LogP contribution in [0.2, 0.25) is 0 Å². The normalized spacial score (nSPS) is 26.3. The van der Waals surface area contributed by atoms with Crippen LogP contribution in [-0.2, 0) is 4.79 Å². The van der Waals surface area contributed by atoms with E-state index < -0.39 is 11.9 Å². The molecule has 110 valence electrons. The van der Waals surface area contributed by atoms with Crippen molar-refractivity contribution in [2.75, 3.05) is 7.05 Å². The van der Waals surface area contributed by atoms with Gasteiger partial charge in [-0.15, -0.1) is 0 Å². The van der Waals surface area contributed by atoms with Gasteiger partial charge in [-0.25, -0.2) is 4.79 Å². The summed E-state index contributed by atoms with van der Waals surface area (Å²) in [4.78, 5) is 24.7. The first-order chi connectivity index (χ1) is 8.82. The van der Waals surface area contributed by atoms with Gasteiger partial charge in [-0.3, -0.25) is 4.79 Å². The number of nitrogens with zero attached hydrogens (tertiary/aromatic N) is 1. The molecule has 1 saturated carbocycles. The molecule has 0 radical (unpaired) electrons. The number of hydrogen-bond acceptors (Lipinski definition) is 2. The van der Waals surface area contributed by atoms with E-state index in [0.29, 0.717) is 5.92 Å². The van der Waals surface area contributed by atoms with Crippen LogP contribution in [0.3, 0.4) is 0 Å². The Labute approximate surface area is 115 Å². The minimum atomic E-state index is -0.887. The molecule has 5 heteroatoms. The molecule has 1 fully saturated rings. The molecule has 5 nitrogen and oxygen atoms in total. The number of amides is 2. The standard InChI is InChI=1S/C14H26N2O3/c1-9-6-5-7-12(8-9)16(4)14(19)15-11(3)10(2)13(17)18/h9-12H,5-8H2,1-4H3,(H,15,19)(H,17,18). The van der Waals surface area contributed by atoms with Gasteiger partial charge in [0, 0.05) is 19.1 Å². The zero-order valence-corrected chi connectivity index (χ0v) is 12.3. The van der Waals surface area contributed by atoms with E-state index in [4.69, 9.17) is 5.11 Å². The summed E-state index contributed by atoms with van der Waals surface area (Å²) in [5, 5.41) is 11.7. The highest BCUT2D eigenvalue weighted by Crippen LogP contribution is 2.26. The first-order valence-electron chi connectivity index (χ1n) is 7.09. The highest BCUT2D eigenvalue weighted by Gasteiger charge is 2.27. The predicted octanol–water partition coefficient (Wildman–Crippen LogP) is 2.32. The van der Waals surface area contributed by atoms with Gasteiger partial charge in [0.15, 0.2) is 0 Å². The largest absolute Gasteiger partial charge is 0.481 e. The number of rotatable bonds is 4. The summed E-state index contributed by atoms with van der Waals surface area (Å²) in [6.45, 7) is 5.55. The molecule has 0 saturated heterocycles. The van der Waals surface area contributed by atoms with Crippen LogP contribution in [0.15, 0.2) is 0 Å². The number of carbonyl (C=O) groups is 2. The highest BCUT2D eigenvalue weighted by molar-refractivity contribution is 5.76. The quantitative estimate of drug-likeness (QED) is 0.823. The monoisotopic (exact) mass is 270 g/mol. The molecule has 0 aliphatic heterocycles. The predicted molar refractivity (Wildman–Crippen MR) is 74.0 cm³/mol. The summed E-state index contributed by atoms with van der Waals surface area (Å²) in [5.41, 5.74) is 0. The third-order valence-electron chi connectivity index (χ3n) is 4.27. The van der Waals surface area contributed by atoms with Crippen molar-refractivity contribution in [1.82, 2.24) is 10.2 Å². The number of hydrogen-bond donors (Lipinski definition) is 2. The zero-order chi connectivity index (χ0) is 14.6. The molecular weight excluding hydrogens is 244 g/mol. The Hall–Kier alpha value is -1.26. The van der Waals surface area contributed by atoms with E-state index in [2.05, 4.69) is 12.2 Å². The maximum atomic E-state index is 12.1. The van der Waals surface area contributed by atoms with Gasteiger partial charge in [0.05, 0.1) is 5.92 Å². The second kappa shape index (κ2) is 6.78. The van der Waals surface area contributed by atoms with Crippen LogP contribution in [0, 0.1) is 11.8 Å². The van der Waals surface area contributed by atoms with Crippen LogP contribution in [-0.4, -0.2) is 41.1 Å². The van der Waals surface area contributed by atoms with Crippen LogP contribution < -0.4 is 5.32 Å². The van der Waals surface area contributed by atoms with E-state index in [1.807, 2.05) is 0 Å². The average molecular weight is 270 g/mol. The first-order valence-corrected chi connectivity index (χ1v) is 7.09. The molecule has 0 bridgehead atoms. The Bertz CT molecular complexity index is 333. The molecule has 0 heterocycles. The van der Waals surface area contributed by atoms with Crippen molar-refractivity contribution >= 4 is 12.0 Å².